The van der Waals surface area contributed by atoms with E-state index in [4.69, 9.17) is 11.6 Å². The van der Waals surface area contributed by atoms with Crippen molar-refractivity contribution in [2.24, 2.45) is 0 Å². The lowest BCUT2D eigenvalue weighted by Gasteiger charge is -2.04. The lowest BCUT2D eigenvalue weighted by atomic mass is 10.1. The van der Waals surface area contributed by atoms with E-state index in [9.17, 15) is 9.18 Å². The first-order chi connectivity index (χ1) is 10.6. The molecule has 0 bridgehead atoms. The molecule has 0 atom stereocenters. The van der Waals surface area contributed by atoms with E-state index >= 15 is 0 Å². The van der Waals surface area contributed by atoms with Gasteiger partial charge in [-0.3, -0.25) is 4.79 Å². The molecule has 1 amide bonds. The lowest BCUT2D eigenvalue weighted by Crippen LogP contribution is -2.25. The van der Waals surface area contributed by atoms with Crippen LogP contribution in [0.1, 0.15) is 16.1 Å². The number of H-pyrrole nitrogens is 1. The van der Waals surface area contributed by atoms with Crippen LogP contribution in [0.4, 0.5) is 4.39 Å². The zero-order valence-corrected chi connectivity index (χ0v) is 12.5. The second-order valence-electron chi connectivity index (χ2n) is 5.05. The minimum absolute atomic E-state index is 0.172. The molecule has 22 heavy (non-hydrogen) atoms. The van der Waals surface area contributed by atoms with E-state index in [1.807, 2.05) is 6.07 Å². The fraction of sp³-hybridized carbons (Fsp3) is 0.118. The number of rotatable bonds is 4. The van der Waals surface area contributed by atoms with Gasteiger partial charge in [0.25, 0.3) is 5.91 Å². The monoisotopic (exact) mass is 316 g/mol. The van der Waals surface area contributed by atoms with Gasteiger partial charge >= 0.3 is 0 Å². The van der Waals surface area contributed by atoms with E-state index in [2.05, 4.69) is 10.3 Å². The van der Waals surface area contributed by atoms with Crippen LogP contribution in [0, 0.1) is 5.82 Å². The van der Waals surface area contributed by atoms with Gasteiger partial charge in [0.1, 0.15) is 11.5 Å². The molecule has 3 nitrogen and oxygen atoms in total. The van der Waals surface area contributed by atoms with Crippen molar-refractivity contribution >= 4 is 28.4 Å². The number of hydrogen-bond donors (Lipinski definition) is 2. The van der Waals surface area contributed by atoms with Crippen molar-refractivity contribution in [1.29, 1.82) is 0 Å². The second-order valence-corrected chi connectivity index (χ2v) is 5.48. The van der Waals surface area contributed by atoms with Crippen LogP contribution in [0.25, 0.3) is 10.9 Å². The lowest BCUT2D eigenvalue weighted by molar-refractivity contribution is 0.0950. The van der Waals surface area contributed by atoms with Gasteiger partial charge in [-0.1, -0.05) is 29.8 Å². The van der Waals surface area contributed by atoms with Crippen molar-refractivity contribution in [2.45, 2.75) is 6.42 Å². The average molecular weight is 317 g/mol. The molecule has 0 fully saturated rings. The molecule has 1 heterocycles. The number of carbonyl (C=O) groups is 1. The molecule has 112 valence electrons. The summed E-state index contributed by atoms with van der Waals surface area (Å²) in [7, 11) is 0. The Labute approximate surface area is 132 Å². The number of hydrogen-bond acceptors (Lipinski definition) is 1. The normalized spacial score (nSPS) is 10.8. The van der Waals surface area contributed by atoms with Gasteiger partial charge < -0.3 is 10.3 Å². The first kappa shape index (κ1) is 14.6. The Kier molecular flexibility index (Phi) is 4.11. The van der Waals surface area contributed by atoms with E-state index in [0.717, 1.165) is 16.5 Å². The second kappa shape index (κ2) is 6.20. The van der Waals surface area contributed by atoms with E-state index in [0.29, 0.717) is 23.7 Å². The summed E-state index contributed by atoms with van der Waals surface area (Å²) in [6.07, 6.45) is 0.651. The molecule has 0 saturated heterocycles. The summed E-state index contributed by atoms with van der Waals surface area (Å²) in [6.45, 7) is 0.487. The van der Waals surface area contributed by atoms with E-state index in [1.165, 1.54) is 12.1 Å². The highest BCUT2D eigenvalue weighted by Gasteiger charge is 2.09. The van der Waals surface area contributed by atoms with Crippen LogP contribution in [0.5, 0.6) is 0 Å². The summed E-state index contributed by atoms with van der Waals surface area (Å²) >= 11 is 5.92. The first-order valence-electron chi connectivity index (χ1n) is 6.93. The quantitative estimate of drug-likeness (QED) is 0.752. The maximum Gasteiger partial charge on any atom is 0.267 e. The van der Waals surface area contributed by atoms with Crippen LogP contribution in [-0.2, 0) is 6.42 Å². The smallest absolute Gasteiger partial charge is 0.267 e. The van der Waals surface area contributed by atoms with Gasteiger partial charge in [0.15, 0.2) is 0 Å². The van der Waals surface area contributed by atoms with Gasteiger partial charge in [-0.15, -0.1) is 0 Å². The molecule has 0 aliphatic heterocycles. The number of fused-ring (bicyclic) bond motifs is 1. The van der Waals surface area contributed by atoms with Crippen LogP contribution in [0.2, 0.25) is 5.02 Å². The summed E-state index contributed by atoms with van der Waals surface area (Å²) in [5.74, 6) is -0.432. The number of amides is 1. The van der Waals surface area contributed by atoms with Crippen molar-refractivity contribution in [2.75, 3.05) is 6.54 Å². The summed E-state index contributed by atoms with van der Waals surface area (Å²) in [5.41, 5.74) is 2.30. The molecule has 0 radical (unpaired) electrons. The maximum absolute atomic E-state index is 12.8. The third-order valence-corrected chi connectivity index (χ3v) is 3.68. The fourth-order valence-corrected chi connectivity index (χ4v) is 2.46. The Bertz CT molecular complexity index is 811. The number of nitrogens with one attached hydrogen (secondary N) is 2. The minimum Gasteiger partial charge on any atom is -0.350 e. The highest BCUT2D eigenvalue weighted by atomic mass is 35.5. The topological polar surface area (TPSA) is 44.9 Å². The molecule has 5 heteroatoms. The fourth-order valence-electron chi connectivity index (χ4n) is 2.29. The molecular formula is C17H14ClFN2O. The number of benzene rings is 2. The summed E-state index contributed by atoms with van der Waals surface area (Å²) < 4.78 is 12.8. The van der Waals surface area contributed by atoms with Crippen molar-refractivity contribution in [3.8, 4) is 0 Å². The standard InChI is InChI=1S/C17H14ClFN2O/c18-13-4-3-12-9-16(21-15(12)10-13)17(22)20-8-7-11-1-5-14(19)6-2-11/h1-6,9-10,21H,7-8H2,(H,20,22). The van der Waals surface area contributed by atoms with Crippen molar-refractivity contribution in [3.05, 3.63) is 70.6 Å². The predicted molar refractivity (Wildman–Crippen MR) is 85.7 cm³/mol. The number of halogens is 2. The zero-order valence-electron chi connectivity index (χ0n) is 11.7. The average Bonchev–Trinajstić information content (AvgIpc) is 2.92. The SMILES string of the molecule is O=C(NCCc1ccc(F)cc1)c1cc2ccc(Cl)cc2[nH]1. The van der Waals surface area contributed by atoms with E-state index in [1.54, 1.807) is 30.3 Å². The minimum atomic E-state index is -0.260. The zero-order chi connectivity index (χ0) is 15.5. The summed E-state index contributed by atoms with van der Waals surface area (Å²) in [6, 6.07) is 13.5. The maximum atomic E-state index is 12.8. The third-order valence-electron chi connectivity index (χ3n) is 3.44. The molecule has 0 saturated carbocycles. The van der Waals surface area contributed by atoms with Gasteiger partial charge in [0, 0.05) is 22.5 Å². The molecule has 3 aromatic rings. The summed E-state index contributed by atoms with van der Waals surface area (Å²) in [5, 5.41) is 4.40. The van der Waals surface area contributed by atoms with Crippen LogP contribution in [0.3, 0.4) is 0 Å². The Hall–Kier alpha value is -2.33. The number of aromatic amines is 1. The van der Waals surface area contributed by atoms with E-state index < -0.39 is 0 Å². The molecule has 0 aliphatic carbocycles. The number of aromatic nitrogens is 1. The first-order valence-corrected chi connectivity index (χ1v) is 7.30. The van der Waals surface area contributed by atoms with Crippen LogP contribution in [0.15, 0.2) is 48.5 Å². The molecule has 0 aliphatic rings. The van der Waals surface area contributed by atoms with E-state index in [-0.39, 0.29) is 11.7 Å². The van der Waals surface area contributed by atoms with Gasteiger partial charge in [0.2, 0.25) is 0 Å². The largest absolute Gasteiger partial charge is 0.350 e. The molecule has 2 N–H and O–H groups in total. The molecule has 1 aromatic heterocycles. The van der Waals surface area contributed by atoms with Gasteiger partial charge in [-0.25, -0.2) is 4.39 Å². The van der Waals surface area contributed by atoms with Crippen molar-refractivity contribution < 1.29 is 9.18 Å². The van der Waals surface area contributed by atoms with Gasteiger partial charge in [-0.05, 0) is 42.3 Å². The highest BCUT2D eigenvalue weighted by Crippen LogP contribution is 2.19. The van der Waals surface area contributed by atoms with Crippen LogP contribution in [-0.4, -0.2) is 17.4 Å². The summed E-state index contributed by atoms with van der Waals surface area (Å²) in [4.78, 5) is 15.2. The Balaban J connectivity index is 1.62. The Morgan fingerprint density at radius 1 is 1.14 bits per heavy atom. The Morgan fingerprint density at radius 3 is 2.68 bits per heavy atom. The van der Waals surface area contributed by atoms with Crippen molar-refractivity contribution in [3.63, 3.8) is 0 Å². The molecule has 2 aromatic carbocycles. The molecule has 3 rings (SSSR count). The van der Waals surface area contributed by atoms with Gasteiger partial charge in [0.05, 0.1) is 0 Å². The van der Waals surface area contributed by atoms with Crippen LogP contribution >= 0.6 is 11.6 Å². The number of carbonyl (C=O) groups excluding carboxylic acids is 1. The third kappa shape index (κ3) is 3.28. The molecular weight excluding hydrogens is 303 g/mol. The van der Waals surface area contributed by atoms with Crippen LogP contribution < -0.4 is 5.32 Å². The highest BCUT2D eigenvalue weighted by molar-refractivity contribution is 6.31. The predicted octanol–water partition coefficient (Wildman–Crippen LogP) is 3.93. The molecule has 0 unspecified atom stereocenters. The Morgan fingerprint density at radius 2 is 1.91 bits per heavy atom. The van der Waals surface area contributed by atoms with Gasteiger partial charge in [-0.2, -0.15) is 0 Å². The van der Waals surface area contributed by atoms with Crippen molar-refractivity contribution in [1.82, 2.24) is 10.3 Å². The molecule has 0 spiro atoms.